The van der Waals surface area contributed by atoms with Gasteiger partial charge < -0.3 is 11.1 Å². The van der Waals surface area contributed by atoms with E-state index < -0.39 is 0 Å². The largest absolute Gasteiger partial charge is 0.369 e. The number of primary amides is 1. The van der Waals surface area contributed by atoms with E-state index in [0.29, 0.717) is 10.2 Å². The van der Waals surface area contributed by atoms with Crippen LogP contribution in [0.2, 0.25) is 0 Å². The lowest BCUT2D eigenvalue weighted by Gasteiger charge is -2.27. The van der Waals surface area contributed by atoms with E-state index in [0.717, 1.165) is 25.7 Å². The second kappa shape index (κ2) is 6.14. The number of nitrogens with zero attached hydrogens (tertiary/aromatic N) is 1. The molecule has 0 saturated heterocycles. The SMILES string of the molecule is NC(=O)C1CCC(NC(=O)c2cccnc2Br)CC1. The summed E-state index contributed by atoms with van der Waals surface area (Å²) in [6, 6.07) is 3.56. The van der Waals surface area contributed by atoms with Gasteiger partial charge in [-0.15, -0.1) is 0 Å². The summed E-state index contributed by atoms with van der Waals surface area (Å²) in [4.78, 5) is 27.2. The number of nitrogens with one attached hydrogen (secondary N) is 1. The first-order chi connectivity index (χ1) is 9.08. The summed E-state index contributed by atoms with van der Waals surface area (Å²) < 4.78 is 0.540. The Morgan fingerprint density at radius 2 is 2.00 bits per heavy atom. The summed E-state index contributed by atoms with van der Waals surface area (Å²) in [5.41, 5.74) is 5.81. The molecule has 1 aromatic rings. The maximum absolute atomic E-state index is 12.1. The average Bonchev–Trinajstić information content (AvgIpc) is 2.39. The van der Waals surface area contributed by atoms with Gasteiger partial charge in [0.1, 0.15) is 4.60 Å². The maximum atomic E-state index is 12.1. The van der Waals surface area contributed by atoms with Crippen LogP contribution in [0.15, 0.2) is 22.9 Å². The van der Waals surface area contributed by atoms with Crippen molar-refractivity contribution in [1.82, 2.24) is 10.3 Å². The summed E-state index contributed by atoms with van der Waals surface area (Å²) >= 11 is 3.26. The summed E-state index contributed by atoms with van der Waals surface area (Å²) in [6.07, 6.45) is 4.69. The zero-order valence-corrected chi connectivity index (χ0v) is 12.0. The van der Waals surface area contributed by atoms with E-state index in [2.05, 4.69) is 26.2 Å². The Bertz CT molecular complexity index is 485. The van der Waals surface area contributed by atoms with Gasteiger partial charge in [0, 0.05) is 18.2 Å². The number of carbonyl (C=O) groups is 2. The summed E-state index contributed by atoms with van der Waals surface area (Å²) in [7, 11) is 0. The number of hydrogen-bond donors (Lipinski definition) is 2. The quantitative estimate of drug-likeness (QED) is 0.828. The van der Waals surface area contributed by atoms with Crippen LogP contribution in [-0.2, 0) is 4.79 Å². The molecule has 2 rings (SSSR count). The van der Waals surface area contributed by atoms with Gasteiger partial charge in [-0.2, -0.15) is 0 Å². The third-order valence-electron chi connectivity index (χ3n) is 3.47. The van der Waals surface area contributed by atoms with Gasteiger partial charge in [-0.3, -0.25) is 9.59 Å². The van der Waals surface area contributed by atoms with Crippen molar-refractivity contribution in [2.75, 3.05) is 0 Å². The molecule has 102 valence electrons. The predicted molar refractivity (Wildman–Crippen MR) is 74.3 cm³/mol. The number of nitrogens with two attached hydrogens (primary N) is 1. The fourth-order valence-electron chi connectivity index (χ4n) is 2.34. The van der Waals surface area contributed by atoms with Crippen LogP contribution in [0.25, 0.3) is 0 Å². The molecule has 19 heavy (non-hydrogen) atoms. The zero-order valence-electron chi connectivity index (χ0n) is 10.4. The van der Waals surface area contributed by atoms with Crippen molar-refractivity contribution in [1.29, 1.82) is 0 Å². The monoisotopic (exact) mass is 325 g/mol. The number of amides is 2. The van der Waals surface area contributed by atoms with Crippen molar-refractivity contribution in [3.63, 3.8) is 0 Å². The number of aromatic nitrogens is 1. The van der Waals surface area contributed by atoms with Crippen LogP contribution in [0, 0.1) is 5.92 Å². The topological polar surface area (TPSA) is 85.1 Å². The minimum Gasteiger partial charge on any atom is -0.369 e. The first-order valence-electron chi connectivity index (χ1n) is 6.28. The van der Waals surface area contributed by atoms with Gasteiger partial charge >= 0.3 is 0 Å². The third-order valence-corrected chi connectivity index (χ3v) is 4.10. The number of pyridine rings is 1. The molecule has 3 N–H and O–H groups in total. The summed E-state index contributed by atoms with van der Waals surface area (Å²) in [5, 5.41) is 2.97. The van der Waals surface area contributed by atoms with Gasteiger partial charge in [0.15, 0.2) is 0 Å². The average molecular weight is 326 g/mol. The Morgan fingerprint density at radius 3 is 2.58 bits per heavy atom. The number of hydrogen-bond acceptors (Lipinski definition) is 3. The Balaban J connectivity index is 1.91. The van der Waals surface area contributed by atoms with Crippen LogP contribution in [-0.4, -0.2) is 22.8 Å². The molecular weight excluding hydrogens is 310 g/mol. The van der Waals surface area contributed by atoms with Crippen LogP contribution in [0.5, 0.6) is 0 Å². The van der Waals surface area contributed by atoms with E-state index >= 15 is 0 Å². The lowest BCUT2D eigenvalue weighted by atomic mass is 9.85. The predicted octanol–water partition coefficient (Wildman–Crippen LogP) is 1.62. The van der Waals surface area contributed by atoms with E-state index in [1.54, 1.807) is 18.3 Å². The highest BCUT2D eigenvalue weighted by Gasteiger charge is 2.26. The minimum absolute atomic E-state index is 0.0433. The smallest absolute Gasteiger partial charge is 0.254 e. The highest BCUT2D eigenvalue weighted by atomic mass is 79.9. The molecule has 2 amide bonds. The summed E-state index contributed by atoms with van der Waals surface area (Å²) in [5.74, 6) is -0.416. The maximum Gasteiger partial charge on any atom is 0.254 e. The molecular formula is C13H16BrN3O2. The summed E-state index contributed by atoms with van der Waals surface area (Å²) in [6.45, 7) is 0. The fraction of sp³-hybridized carbons (Fsp3) is 0.462. The van der Waals surface area contributed by atoms with E-state index in [9.17, 15) is 9.59 Å². The molecule has 0 bridgehead atoms. The minimum atomic E-state index is -0.236. The molecule has 1 aromatic heterocycles. The molecule has 6 heteroatoms. The second-order valence-corrected chi connectivity index (χ2v) is 5.52. The molecule has 1 heterocycles. The van der Waals surface area contributed by atoms with Gasteiger partial charge in [0.25, 0.3) is 5.91 Å². The highest BCUT2D eigenvalue weighted by molar-refractivity contribution is 9.10. The molecule has 1 saturated carbocycles. The van der Waals surface area contributed by atoms with Crippen molar-refractivity contribution in [2.24, 2.45) is 11.7 Å². The van der Waals surface area contributed by atoms with E-state index in [-0.39, 0.29) is 23.8 Å². The highest BCUT2D eigenvalue weighted by Crippen LogP contribution is 2.24. The Kier molecular flexibility index (Phi) is 4.52. The van der Waals surface area contributed by atoms with E-state index in [1.165, 1.54) is 0 Å². The molecule has 0 atom stereocenters. The molecule has 1 aliphatic carbocycles. The molecule has 0 unspecified atom stereocenters. The van der Waals surface area contributed by atoms with Crippen molar-refractivity contribution in [3.8, 4) is 0 Å². The Hall–Kier alpha value is -1.43. The Labute approximate surface area is 120 Å². The zero-order chi connectivity index (χ0) is 13.8. The molecule has 1 fully saturated rings. The molecule has 1 aliphatic rings. The number of halogens is 1. The molecule has 5 nitrogen and oxygen atoms in total. The van der Waals surface area contributed by atoms with Gasteiger partial charge in [0.05, 0.1) is 5.56 Å². The van der Waals surface area contributed by atoms with Gasteiger partial charge in [-0.25, -0.2) is 4.98 Å². The molecule has 0 radical (unpaired) electrons. The lowest BCUT2D eigenvalue weighted by Crippen LogP contribution is -2.39. The molecule has 0 aromatic carbocycles. The Morgan fingerprint density at radius 1 is 1.32 bits per heavy atom. The fourth-order valence-corrected chi connectivity index (χ4v) is 2.77. The van der Waals surface area contributed by atoms with Crippen LogP contribution in [0.1, 0.15) is 36.0 Å². The van der Waals surface area contributed by atoms with Crippen LogP contribution >= 0.6 is 15.9 Å². The number of carbonyl (C=O) groups excluding carboxylic acids is 2. The lowest BCUT2D eigenvalue weighted by molar-refractivity contribution is -0.122. The van der Waals surface area contributed by atoms with Crippen molar-refractivity contribution in [3.05, 3.63) is 28.5 Å². The van der Waals surface area contributed by atoms with E-state index in [4.69, 9.17) is 5.73 Å². The van der Waals surface area contributed by atoms with Crippen LogP contribution in [0.3, 0.4) is 0 Å². The standard InChI is InChI=1S/C13H16BrN3O2/c14-11-10(2-1-7-16-11)13(19)17-9-5-3-8(4-6-9)12(15)18/h1-2,7-9H,3-6H2,(H2,15,18)(H,17,19). The molecule has 0 aliphatic heterocycles. The van der Waals surface area contributed by atoms with Crippen LogP contribution in [0.4, 0.5) is 0 Å². The van der Waals surface area contributed by atoms with Crippen molar-refractivity contribution in [2.45, 2.75) is 31.7 Å². The van der Waals surface area contributed by atoms with Gasteiger partial charge in [-0.05, 0) is 53.7 Å². The third kappa shape index (κ3) is 3.53. The van der Waals surface area contributed by atoms with Gasteiger partial charge in [-0.1, -0.05) is 0 Å². The van der Waals surface area contributed by atoms with Crippen molar-refractivity contribution >= 4 is 27.7 Å². The van der Waals surface area contributed by atoms with Crippen molar-refractivity contribution < 1.29 is 9.59 Å². The molecule has 0 spiro atoms. The number of rotatable bonds is 3. The second-order valence-electron chi connectivity index (χ2n) is 4.77. The normalized spacial score (nSPS) is 22.8. The first kappa shape index (κ1) is 14.0. The first-order valence-corrected chi connectivity index (χ1v) is 7.08. The van der Waals surface area contributed by atoms with Crippen LogP contribution < -0.4 is 11.1 Å². The van der Waals surface area contributed by atoms with E-state index in [1.807, 2.05) is 0 Å². The van der Waals surface area contributed by atoms with Gasteiger partial charge in [0.2, 0.25) is 5.91 Å².